The standard InChI is InChI=1S/C17H18N6/c18-7-5-15(12-3-1-2-4-12)23-10-13(9-22-23)16-14-6-8-19-17(14)21-11-20-16/h6,8-12,15H,1-5H2,(H,19,20,21)/t15-/m1/s1/i1D2,2D2,3D2,4D2,5D2,12D. The molecule has 116 valence electrons. The smallest absolute Gasteiger partial charge is 0.141 e. The minimum atomic E-state index is -3.59. The summed E-state index contributed by atoms with van der Waals surface area (Å²) in [4.78, 5) is 11.1. The molecule has 0 aliphatic heterocycles. The van der Waals surface area contributed by atoms with Crippen LogP contribution in [0.25, 0.3) is 22.3 Å². The fraction of sp³-hybridized carbons (Fsp3) is 0.412. The molecule has 1 N–H and O–H groups in total. The number of fused-ring (bicyclic) bond motifs is 1. The third kappa shape index (κ3) is 2.48. The van der Waals surface area contributed by atoms with E-state index in [0.717, 1.165) is 6.20 Å². The van der Waals surface area contributed by atoms with Crippen molar-refractivity contribution < 1.29 is 15.1 Å². The number of nitrogens with one attached hydrogen (secondary N) is 1. The molecule has 0 unspecified atom stereocenters. The van der Waals surface area contributed by atoms with Crippen molar-refractivity contribution in [2.75, 3.05) is 0 Å². The quantitative estimate of drug-likeness (QED) is 0.798. The molecule has 0 spiro atoms. The van der Waals surface area contributed by atoms with Crippen LogP contribution in [0.3, 0.4) is 0 Å². The van der Waals surface area contributed by atoms with Gasteiger partial charge in [0.05, 0.1) is 30.4 Å². The van der Waals surface area contributed by atoms with Gasteiger partial charge in [0.2, 0.25) is 0 Å². The first-order valence-electron chi connectivity index (χ1n) is 12.2. The lowest BCUT2D eigenvalue weighted by Crippen LogP contribution is -2.17. The Morgan fingerprint density at radius 3 is 3.22 bits per heavy atom. The highest BCUT2D eigenvalue weighted by atomic mass is 15.3. The van der Waals surface area contributed by atoms with Crippen LogP contribution < -0.4 is 0 Å². The summed E-state index contributed by atoms with van der Waals surface area (Å²) >= 11 is 0. The Bertz CT molecular complexity index is 1280. The summed E-state index contributed by atoms with van der Waals surface area (Å²) in [5.41, 5.74) is 1.05. The van der Waals surface area contributed by atoms with Crippen LogP contribution in [0, 0.1) is 17.2 Å². The number of hydrogen-bond donors (Lipinski definition) is 1. The highest BCUT2D eigenvalue weighted by Crippen LogP contribution is 2.36. The average Bonchev–Trinajstić information content (AvgIpc) is 3.42. The van der Waals surface area contributed by atoms with Gasteiger partial charge in [0.1, 0.15) is 12.0 Å². The number of nitriles is 1. The van der Waals surface area contributed by atoms with Crippen molar-refractivity contribution in [1.82, 2.24) is 24.7 Å². The molecule has 1 atom stereocenters. The van der Waals surface area contributed by atoms with E-state index in [2.05, 4.69) is 20.1 Å². The summed E-state index contributed by atoms with van der Waals surface area (Å²) in [5.74, 6) is -3.47. The maximum atomic E-state index is 9.53. The van der Waals surface area contributed by atoms with Gasteiger partial charge in [0.25, 0.3) is 0 Å². The summed E-state index contributed by atoms with van der Waals surface area (Å²) in [6.45, 7) is 0. The van der Waals surface area contributed by atoms with Crippen LogP contribution >= 0.6 is 0 Å². The van der Waals surface area contributed by atoms with Crippen LogP contribution in [-0.2, 0) is 0 Å². The van der Waals surface area contributed by atoms with Crippen molar-refractivity contribution in [2.24, 2.45) is 5.89 Å². The lowest BCUT2D eigenvalue weighted by Gasteiger charge is -2.21. The van der Waals surface area contributed by atoms with Gasteiger partial charge in [-0.3, -0.25) is 4.68 Å². The van der Waals surface area contributed by atoms with E-state index in [-0.39, 0.29) is 5.56 Å². The Morgan fingerprint density at radius 2 is 2.39 bits per heavy atom. The molecule has 0 saturated heterocycles. The van der Waals surface area contributed by atoms with Gasteiger partial charge in [0, 0.05) is 38.4 Å². The molecule has 0 bridgehead atoms. The fourth-order valence-corrected chi connectivity index (χ4v) is 2.40. The molecule has 6 heteroatoms. The number of nitrogens with zero attached hydrogens (tertiary/aromatic N) is 5. The van der Waals surface area contributed by atoms with Crippen molar-refractivity contribution in [3.63, 3.8) is 0 Å². The molecule has 3 heterocycles. The highest BCUT2D eigenvalue weighted by molar-refractivity contribution is 5.89. The molecule has 1 aliphatic rings. The number of aromatic nitrogens is 5. The van der Waals surface area contributed by atoms with Crippen molar-refractivity contribution in [3.8, 4) is 17.3 Å². The first-order valence-corrected chi connectivity index (χ1v) is 6.73. The molecule has 0 amide bonds. The van der Waals surface area contributed by atoms with Gasteiger partial charge in [-0.15, -0.1) is 0 Å². The van der Waals surface area contributed by atoms with E-state index in [1.807, 2.05) is 0 Å². The van der Waals surface area contributed by atoms with Crippen LogP contribution in [0.1, 0.15) is 53.0 Å². The minimum Gasteiger partial charge on any atom is -0.346 e. The van der Waals surface area contributed by atoms with Gasteiger partial charge >= 0.3 is 0 Å². The van der Waals surface area contributed by atoms with Gasteiger partial charge < -0.3 is 4.98 Å². The van der Waals surface area contributed by atoms with Gasteiger partial charge in [-0.05, 0) is 24.7 Å². The molecule has 1 aliphatic carbocycles. The van der Waals surface area contributed by atoms with Crippen LogP contribution in [0.15, 0.2) is 31.0 Å². The predicted molar refractivity (Wildman–Crippen MR) is 86.3 cm³/mol. The lowest BCUT2D eigenvalue weighted by atomic mass is 9.96. The maximum Gasteiger partial charge on any atom is 0.141 e. The zero-order valence-electron chi connectivity index (χ0n) is 22.7. The Labute approximate surface area is 149 Å². The first kappa shape index (κ1) is 6.44. The number of hydrogen-bond acceptors (Lipinski definition) is 4. The molecule has 3 aromatic heterocycles. The molecule has 4 rings (SSSR count). The molecular formula is C17H18N6. The molecular weight excluding hydrogens is 288 g/mol. The van der Waals surface area contributed by atoms with E-state index in [9.17, 15) is 5.26 Å². The van der Waals surface area contributed by atoms with Gasteiger partial charge in [-0.25, -0.2) is 9.97 Å². The monoisotopic (exact) mass is 317 g/mol. The number of H-pyrrole nitrogens is 1. The van der Waals surface area contributed by atoms with E-state index in [1.165, 1.54) is 18.6 Å². The normalized spacial score (nSPS) is 34.5. The molecule has 1 saturated carbocycles. The van der Waals surface area contributed by atoms with Crippen molar-refractivity contribution in [1.29, 1.82) is 5.26 Å². The van der Waals surface area contributed by atoms with Crippen molar-refractivity contribution in [3.05, 3.63) is 31.0 Å². The van der Waals surface area contributed by atoms with Gasteiger partial charge in [-0.2, -0.15) is 10.4 Å². The summed E-state index contributed by atoms with van der Waals surface area (Å²) in [7, 11) is 0. The van der Waals surface area contributed by atoms with E-state index >= 15 is 0 Å². The topological polar surface area (TPSA) is 83.2 Å². The number of aromatic amines is 1. The van der Waals surface area contributed by atoms with E-state index < -0.39 is 43.8 Å². The summed E-state index contributed by atoms with van der Waals surface area (Å²) in [6.07, 6.45) is -12.2. The molecule has 0 radical (unpaired) electrons. The summed E-state index contributed by atoms with van der Waals surface area (Å²) in [6, 6.07) is 0.565. The maximum absolute atomic E-state index is 9.53. The Morgan fingerprint density at radius 1 is 1.52 bits per heavy atom. The van der Waals surface area contributed by atoms with E-state index in [0.29, 0.717) is 21.4 Å². The Balaban J connectivity index is 1.98. The molecule has 3 aromatic rings. The second kappa shape index (κ2) is 5.84. The highest BCUT2D eigenvalue weighted by Gasteiger charge is 2.27. The summed E-state index contributed by atoms with van der Waals surface area (Å²) in [5, 5.41) is 14.1. The second-order valence-corrected chi connectivity index (χ2v) is 4.74. The van der Waals surface area contributed by atoms with Crippen LogP contribution in [0.5, 0.6) is 0 Å². The molecule has 23 heavy (non-hydrogen) atoms. The van der Waals surface area contributed by atoms with E-state index in [1.54, 1.807) is 12.3 Å². The Hall–Kier alpha value is -2.68. The molecule has 0 aromatic carbocycles. The fourth-order valence-electron chi connectivity index (χ4n) is 2.40. The Kier molecular flexibility index (Phi) is 1.64. The first-order chi connectivity index (χ1) is 15.5. The second-order valence-electron chi connectivity index (χ2n) is 4.74. The van der Waals surface area contributed by atoms with Crippen LogP contribution in [-0.4, -0.2) is 24.7 Å². The largest absolute Gasteiger partial charge is 0.346 e. The van der Waals surface area contributed by atoms with Gasteiger partial charge in [-0.1, -0.05) is 12.7 Å². The van der Waals surface area contributed by atoms with Crippen molar-refractivity contribution >= 4 is 11.0 Å². The van der Waals surface area contributed by atoms with E-state index in [4.69, 9.17) is 15.1 Å². The van der Waals surface area contributed by atoms with Crippen LogP contribution in [0.4, 0.5) is 0 Å². The summed E-state index contributed by atoms with van der Waals surface area (Å²) < 4.78 is 91.4. The zero-order chi connectivity index (χ0) is 25.5. The predicted octanol–water partition coefficient (Wildman–Crippen LogP) is 3.47. The lowest BCUT2D eigenvalue weighted by molar-refractivity contribution is 0.315. The van der Waals surface area contributed by atoms with Crippen molar-refractivity contribution in [2.45, 2.75) is 37.9 Å². The molecule has 6 nitrogen and oxygen atoms in total. The number of rotatable bonds is 4. The minimum absolute atomic E-state index is 0.250. The van der Waals surface area contributed by atoms with Gasteiger partial charge in [0.15, 0.2) is 0 Å². The average molecular weight is 317 g/mol. The SMILES string of the molecule is [2H]C([2H])(C#N)[C@@H](n1cc(-c2ncnc3[nH]ccc23)cn1)C1([2H])C([2H])([2H])C([2H])([2H])C([2H])([2H])C1([2H])[2H]. The third-order valence-electron chi connectivity index (χ3n) is 3.42. The zero-order valence-corrected chi connectivity index (χ0v) is 11.7. The molecule has 1 fully saturated rings. The van der Waals surface area contributed by atoms with Crippen LogP contribution in [0.2, 0.25) is 0 Å². The third-order valence-corrected chi connectivity index (χ3v) is 3.42.